The number of benzene rings is 1. The predicted octanol–water partition coefficient (Wildman–Crippen LogP) is 1.96. The Hall–Kier alpha value is -0.970. The summed E-state index contributed by atoms with van der Waals surface area (Å²) in [4.78, 5) is 0. The lowest BCUT2D eigenvalue weighted by Gasteiger charge is -2.21. The molecule has 0 atom stereocenters. The van der Waals surface area contributed by atoms with Crippen molar-refractivity contribution in [3.8, 4) is 11.5 Å². The number of methoxy groups -OCH3 is 1. The summed E-state index contributed by atoms with van der Waals surface area (Å²) in [5, 5.41) is 10.2. The van der Waals surface area contributed by atoms with E-state index in [0.717, 1.165) is 5.56 Å². The Balaban J connectivity index is 3.03. The van der Waals surface area contributed by atoms with Gasteiger partial charge in [0, 0.05) is 23.2 Å². The summed E-state index contributed by atoms with van der Waals surface area (Å²) < 4.78 is 10.7. The van der Waals surface area contributed by atoms with Gasteiger partial charge in [-0.15, -0.1) is 0 Å². The summed E-state index contributed by atoms with van der Waals surface area (Å²) in [6, 6.07) is 3.38. The van der Waals surface area contributed by atoms with Crippen LogP contribution in [0.25, 0.3) is 0 Å². The molecule has 1 rings (SSSR count). The Labute approximate surface area is 106 Å². The molecule has 0 fully saturated rings. The number of aliphatic hydroxyl groups is 1. The van der Waals surface area contributed by atoms with Crippen LogP contribution in [0, 0.1) is 0 Å². The first kappa shape index (κ1) is 14.1. The topological polar surface area (TPSA) is 64.7 Å². The largest absolute Gasteiger partial charge is 0.493 e. The Morgan fingerprint density at radius 1 is 1.41 bits per heavy atom. The first-order valence-corrected chi connectivity index (χ1v) is 5.67. The predicted molar refractivity (Wildman–Crippen MR) is 67.7 cm³/mol. The van der Waals surface area contributed by atoms with Crippen molar-refractivity contribution in [3.63, 3.8) is 0 Å². The third-order valence-corrected chi connectivity index (χ3v) is 2.32. The van der Waals surface area contributed by atoms with Gasteiger partial charge in [0.05, 0.1) is 12.7 Å². The summed E-state index contributed by atoms with van der Waals surface area (Å²) in [6.45, 7) is 3.77. The molecular formula is C12H18ClNO3. The van der Waals surface area contributed by atoms with Crippen LogP contribution >= 0.6 is 11.6 Å². The second-order valence-electron chi connectivity index (χ2n) is 4.40. The quantitative estimate of drug-likeness (QED) is 0.848. The van der Waals surface area contributed by atoms with Gasteiger partial charge in [0.15, 0.2) is 11.5 Å². The summed E-state index contributed by atoms with van der Waals surface area (Å²) in [5.41, 5.74) is 5.45. The van der Waals surface area contributed by atoms with Crippen molar-refractivity contribution >= 4 is 11.6 Å². The van der Waals surface area contributed by atoms with E-state index in [1.807, 2.05) is 0 Å². The van der Waals surface area contributed by atoms with Crippen LogP contribution < -0.4 is 15.2 Å². The number of ether oxygens (including phenoxy) is 2. The maximum absolute atomic E-state index is 9.64. The Kier molecular flexibility index (Phi) is 4.62. The Bertz CT molecular complexity index is 363. The maximum Gasteiger partial charge on any atom is 0.165 e. The van der Waals surface area contributed by atoms with Crippen molar-refractivity contribution in [2.45, 2.75) is 26.0 Å². The van der Waals surface area contributed by atoms with Crippen molar-refractivity contribution < 1.29 is 14.6 Å². The van der Waals surface area contributed by atoms with Crippen LogP contribution in [-0.2, 0) is 6.54 Å². The van der Waals surface area contributed by atoms with E-state index in [1.165, 1.54) is 7.11 Å². The van der Waals surface area contributed by atoms with Gasteiger partial charge in [-0.25, -0.2) is 0 Å². The average molecular weight is 260 g/mol. The van der Waals surface area contributed by atoms with Crippen molar-refractivity contribution in [2.75, 3.05) is 13.7 Å². The highest BCUT2D eigenvalue weighted by atomic mass is 35.5. The molecule has 0 unspecified atom stereocenters. The summed E-state index contributed by atoms with van der Waals surface area (Å²) in [7, 11) is 1.53. The number of rotatable bonds is 5. The lowest BCUT2D eigenvalue weighted by Crippen LogP contribution is -2.28. The second kappa shape index (κ2) is 5.58. The lowest BCUT2D eigenvalue weighted by atomic mass is 10.1. The van der Waals surface area contributed by atoms with Crippen LogP contribution in [0.3, 0.4) is 0 Å². The molecule has 0 aliphatic carbocycles. The van der Waals surface area contributed by atoms with Crippen molar-refractivity contribution in [2.24, 2.45) is 5.73 Å². The minimum atomic E-state index is -0.920. The highest BCUT2D eigenvalue weighted by Crippen LogP contribution is 2.34. The van der Waals surface area contributed by atoms with Crippen LogP contribution in [0.5, 0.6) is 11.5 Å². The smallest absolute Gasteiger partial charge is 0.165 e. The van der Waals surface area contributed by atoms with Crippen molar-refractivity contribution in [1.82, 2.24) is 0 Å². The van der Waals surface area contributed by atoms with Gasteiger partial charge in [-0.2, -0.15) is 0 Å². The minimum Gasteiger partial charge on any atom is -0.493 e. The van der Waals surface area contributed by atoms with Crippen LogP contribution in [0.4, 0.5) is 0 Å². The number of hydrogen-bond donors (Lipinski definition) is 2. The fraction of sp³-hybridized carbons (Fsp3) is 0.500. The zero-order valence-electron chi connectivity index (χ0n) is 10.3. The van der Waals surface area contributed by atoms with E-state index in [2.05, 4.69) is 0 Å². The molecule has 0 saturated heterocycles. The average Bonchev–Trinajstić information content (AvgIpc) is 2.24. The van der Waals surface area contributed by atoms with E-state index >= 15 is 0 Å². The molecule has 0 amide bonds. The zero-order chi connectivity index (χ0) is 13.1. The summed E-state index contributed by atoms with van der Waals surface area (Å²) in [6.07, 6.45) is 0. The lowest BCUT2D eigenvalue weighted by molar-refractivity contribution is 0.0273. The molecule has 0 bridgehead atoms. The van der Waals surface area contributed by atoms with E-state index in [9.17, 15) is 5.11 Å². The highest BCUT2D eigenvalue weighted by Gasteiger charge is 2.17. The third-order valence-electron chi connectivity index (χ3n) is 2.11. The number of hydrogen-bond acceptors (Lipinski definition) is 4. The van der Waals surface area contributed by atoms with Gasteiger partial charge < -0.3 is 20.3 Å². The molecule has 1 aromatic carbocycles. The summed E-state index contributed by atoms with van der Waals surface area (Å²) >= 11 is 5.93. The van der Waals surface area contributed by atoms with Gasteiger partial charge in [0.1, 0.15) is 6.61 Å². The monoisotopic (exact) mass is 259 g/mol. The van der Waals surface area contributed by atoms with Gasteiger partial charge in [0.2, 0.25) is 0 Å². The molecule has 0 aliphatic heterocycles. The molecule has 0 heterocycles. The summed E-state index contributed by atoms with van der Waals surface area (Å²) in [5.74, 6) is 1.05. The molecule has 0 spiro atoms. The Morgan fingerprint density at radius 2 is 2.06 bits per heavy atom. The molecule has 96 valence electrons. The van der Waals surface area contributed by atoms with Crippen LogP contribution in [0.15, 0.2) is 12.1 Å². The zero-order valence-corrected chi connectivity index (χ0v) is 11.0. The first-order valence-electron chi connectivity index (χ1n) is 5.29. The fourth-order valence-electron chi connectivity index (χ4n) is 1.34. The molecule has 0 radical (unpaired) electrons. The van der Waals surface area contributed by atoms with E-state index in [1.54, 1.807) is 26.0 Å². The van der Waals surface area contributed by atoms with Crippen LogP contribution in [0.1, 0.15) is 19.4 Å². The number of halogens is 1. The molecule has 3 N–H and O–H groups in total. The molecule has 0 aromatic heterocycles. The molecule has 0 aliphatic rings. The standard InChI is InChI=1S/C12H18ClNO3/c1-12(2,15)7-17-11-8(6-14)4-9(13)5-10(11)16-3/h4-5,15H,6-7,14H2,1-3H3. The molecule has 17 heavy (non-hydrogen) atoms. The second-order valence-corrected chi connectivity index (χ2v) is 4.84. The van der Waals surface area contributed by atoms with Crippen LogP contribution in [-0.4, -0.2) is 24.4 Å². The van der Waals surface area contributed by atoms with Gasteiger partial charge in [-0.1, -0.05) is 11.6 Å². The van der Waals surface area contributed by atoms with Crippen LogP contribution in [0.2, 0.25) is 5.02 Å². The molecule has 0 saturated carbocycles. The van der Waals surface area contributed by atoms with Gasteiger partial charge in [-0.3, -0.25) is 0 Å². The van der Waals surface area contributed by atoms with E-state index in [0.29, 0.717) is 16.5 Å². The van der Waals surface area contributed by atoms with Crippen molar-refractivity contribution in [3.05, 3.63) is 22.7 Å². The normalized spacial score (nSPS) is 11.4. The van der Waals surface area contributed by atoms with Gasteiger partial charge >= 0.3 is 0 Å². The SMILES string of the molecule is COc1cc(Cl)cc(CN)c1OCC(C)(C)O. The van der Waals surface area contributed by atoms with Gasteiger partial charge in [0.25, 0.3) is 0 Å². The first-order chi connectivity index (χ1) is 7.87. The van der Waals surface area contributed by atoms with Gasteiger partial charge in [-0.05, 0) is 19.9 Å². The molecule has 1 aromatic rings. The highest BCUT2D eigenvalue weighted by molar-refractivity contribution is 6.30. The Morgan fingerprint density at radius 3 is 2.53 bits per heavy atom. The molecule has 5 heteroatoms. The van der Waals surface area contributed by atoms with E-state index in [-0.39, 0.29) is 13.2 Å². The van der Waals surface area contributed by atoms with Crippen molar-refractivity contribution in [1.29, 1.82) is 0 Å². The molecule has 4 nitrogen and oxygen atoms in total. The van der Waals surface area contributed by atoms with E-state index in [4.69, 9.17) is 26.8 Å². The minimum absolute atomic E-state index is 0.151. The fourth-order valence-corrected chi connectivity index (χ4v) is 1.57. The van der Waals surface area contributed by atoms with E-state index < -0.39 is 5.60 Å². The number of nitrogens with two attached hydrogens (primary N) is 1. The molecular weight excluding hydrogens is 242 g/mol. The third kappa shape index (κ3) is 4.07. The maximum atomic E-state index is 9.64.